The Morgan fingerprint density at radius 1 is 1.03 bits per heavy atom. The molecule has 1 heterocycles. The van der Waals surface area contributed by atoms with E-state index in [1.54, 1.807) is 7.11 Å². The van der Waals surface area contributed by atoms with Crippen molar-refractivity contribution in [2.24, 2.45) is 17.3 Å². The maximum absolute atomic E-state index is 14.0. The molecule has 2 aromatic rings. The van der Waals surface area contributed by atoms with Gasteiger partial charge in [0.2, 0.25) is 5.91 Å². The molecule has 0 spiro atoms. The maximum Gasteiger partial charge on any atom is 0.226 e. The number of hydrogen-bond acceptors (Lipinski definition) is 4. The second kappa shape index (κ2) is 9.25. The van der Waals surface area contributed by atoms with Crippen LogP contribution in [0.1, 0.15) is 55.7 Å². The zero-order valence-electron chi connectivity index (χ0n) is 20.9. The van der Waals surface area contributed by atoms with Crippen molar-refractivity contribution in [3.05, 3.63) is 65.7 Å². The smallest absolute Gasteiger partial charge is 0.226 e. The Morgan fingerprint density at radius 2 is 1.71 bits per heavy atom. The molecule has 4 aliphatic carbocycles. The molecule has 4 bridgehead atoms. The largest absolute Gasteiger partial charge is 0.497 e. The Morgan fingerprint density at radius 3 is 2.37 bits per heavy atom. The molecule has 3 unspecified atom stereocenters. The molecule has 5 heteroatoms. The molecule has 1 saturated heterocycles. The standard InChI is InChI=1S/C30H38N2O3/c1-34-26-9-7-24(8-10-26)27(32-11-13-35-14-12-32)20-31-28(33)30-18-22-15-23(19-30)17-29(16-22,21-30)25-5-3-2-4-6-25/h2-10,22-23,27H,11-21H2,1H3,(H,31,33). The summed E-state index contributed by atoms with van der Waals surface area (Å²) in [5, 5.41) is 3.48. The van der Waals surface area contributed by atoms with E-state index in [2.05, 4.69) is 52.7 Å². The number of benzene rings is 2. The van der Waals surface area contributed by atoms with Crippen molar-refractivity contribution in [3.63, 3.8) is 0 Å². The summed E-state index contributed by atoms with van der Waals surface area (Å²) in [5.74, 6) is 2.51. The number of carbonyl (C=O) groups is 1. The first-order valence-electron chi connectivity index (χ1n) is 13.4. The highest BCUT2D eigenvalue weighted by Gasteiger charge is 2.60. The Balaban J connectivity index is 1.22. The van der Waals surface area contributed by atoms with Crippen molar-refractivity contribution in [2.45, 2.75) is 50.0 Å². The minimum absolute atomic E-state index is 0.144. The molecule has 1 N–H and O–H groups in total. The first-order valence-corrected chi connectivity index (χ1v) is 13.4. The molecule has 2 aromatic carbocycles. The van der Waals surface area contributed by atoms with Crippen LogP contribution in [0.15, 0.2) is 54.6 Å². The second-order valence-electron chi connectivity index (χ2n) is 11.5. The van der Waals surface area contributed by atoms with Crippen LogP contribution in [0.3, 0.4) is 0 Å². The summed E-state index contributed by atoms with van der Waals surface area (Å²) in [7, 11) is 1.70. The van der Waals surface area contributed by atoms with Gasteiger partial charge in [0, 0.05) is 19.6 Å². The topological polar surface area (TPSA) is 50.8 Å². The first-order chi connectivity index (χ1) is 17.1. The van der Waals surface area contributed by atoms with Gasteiger partial charge in [0.15, 0.2) is 0 Å². The normalized spacial score (nSPS) is 32.8. The highest BCUT2D eigenvalue weighted by atomic mass is 16.5. The highest BCUT2D eigenvalue weighted by molar-refractivity contribution is 5.83. The van der Waals surface area contributed by atoms with Crippen LogP contribution in [-0.2, 0) is 14.9 Å². The molecule has 1 amide bonds. The van der Waals surface area contributed by atoms with Crippen molar-refractivity contribution in [1.82, 2.24) is 10.2 Å². The molecule has 0 aromatic heterocycles. The Labute approximate surface area is 209 Å². The third-order valence-corrected chi connectivity index (χ3v) is 9.37. The lowest BCUT2D eigenvalue weighted by Gasteiger charge is -2.61. The summed E-state index contributed by atoms with van der Waals surface area (Å²) in [5.41, 5.74) is 2.65. The van der Waals surface area contributed by atoms with Gasteiger partial charge < -0.3 is 14.8 Å². The maximum atomic E-state index is 14.0. The summed E-state index contributed by atoms with van der Waals surface area (Å²) in [4.78, 5) is 16.5. The molecule has 186 valence electrons. The van der Waals surface area contributed by atoms with Crippen molar-refractivity contribution in [3.8, 4) is 5.75 Å². The molecule has 4 saturated carbocycles. The number of methoxy groups -OCH3 is 1. The summed E-state index contributed by atoms with van der Waals surface area (Å²) < 4.78 is 11.0. The Kier molecular flexibility index (Phi) is 6.10. The lowest BCUT2D eigenvalue weighted by molar-refractivity contribution is -0.149. The summed E-state index contributed by atoms with van der Waals surface area (Å²) in [6.07, 6.45) is 6.96. The molecule has 1 aliphatic heterocycles. The van der Waals surface area contributed by atoms with Crippen molar-refractivity contribution in [1.29, 1.82) is 0 Å². The van der Waals surface area contributed by atoms with E-state index in [1.165, 1.54) is 30.4 Å². The lowest BCUT2D eigenvalue weighted by Crippen LogP contribution is -2.59. The van der Waals surface area contributed by atoms with Gasteiger partial charge in [0.1, 0.15) is 5.75 Å². The SMILES string of the molecule is COc1ccc(C(CNC(=O)C23CC4CC(C2)CC(c2ccccc2)(C4)C3)N2CCOCC2)cc1. The monoisotopic (exact) mass is 474 g/mol. The number of ether oxygens (including phenoxy) is 2. The van der Waals surface area contributed by atoms with E-state index in [0.29, 0.717) is 24.3 Å². The van der Waals surface area contributed by atoms with E-state index in [9.17, 15) is 4.79 Å². The van der Waals surface area contributed by atoms with Gasteiger partial charge in [-0.15, -0.1) is 0 Å². The van der Waals surface area contributed by atoms with Crippen LogP contribution in [0.5, 0.6) is 5.75 Å². The molecule has 0 radical (unpaired) electrons. The van der Waals surface area contributed by atoms with Crippen LogP contribution in [0.4, 0.5) is 0 Å². The predicted molar refractivity (Wildman–Crippen MR) is 136 cm³/mol. The van der Waals surface area contributed by atoms with E-state index in [1.807, 2.05) is 12.1 Å². The van der Waals surface area contributed by atoms with Crippen molar-refractivity contribution < 1.29 is 14.3 Å². The van der Waals surface area contributed by atoms with Gasteiger partial charge in [-0.05, 0) is 79.0 Å². The van der Waals surface area contributed by atoms with E-state index in [-0.39, 0.29) is 16.9 Å². The third kappa shape index (κ3) is 4.27. The Hall–Kier alpha value is -2.37. The molecule has 5 nitrogen and oxygen atoms in total. The highest BCUT2D eigenvalue weighted by Crippen LogP contribution is 2.65. The number of hydrogen-bond donors (Lipinski definition) is 1. The number of amides is 1. The Bertz CT molecular complexity index is 1020. The number of morpholine rings is 1. The lowest BCUT2D eigenvalue weighted by atomic mass is 9.42. The van der Waals surface area contributed by atoms with E-state index >= 15 is 0 Å². The number of rotatable bonds is 7. The molecular weight excluding hydrogens is 436 g/mol. The summed E-state index contributed by atoms with van der Waals surface area (Å²) in [6.45, 7) is 3.90. The molecule has 3 atom stereocenters. The zero-order chi connectivity index (χ0) is 23.9. The third-order valence-electron chi connectivity index (χ3n) is 9.37. The van der Waals surface area contributed by atoms with Crippen molar-refractivity contribution in [2.75, 3.05) is 40.0 Å². The fraction of sp³-hybridized carbons (Fsp3) is 0.567. The van der Waals surface area contributed by atoms with Crippen LogP contribution in [-0.4, -0.2) is 50.8 Å². The van der Waals surface area contributed by atoms with Gasteiger partial charge in [-0.25, -0.2) is 0 Å². The molecule has 7 rings (SSSR count). The quantitative estimate of drug-likeness (QED) is 0.631. The van der Waals surface area contributed by atoms with Gasteiger partial charge in [0.05, 0.1) is 31.8 Å². The van der Waals surface area contributed by atoms with E-state index in [0.717, 1.165) is 51.3 Å². The van der Waals surface area contributed by atoms with E-state index < -0.39 is 0 Å². The van der Waals surface area contributed by atoms with Crippen LogP contribution in [0.2, 0.25) is 0 Å². The molecule has 5 aliphatic rings. The zero-order valence-corrected chi connectivity index (χ0v) is 20.9. The number of nitrogens with zero attached hydrogens (tertiary/aromatic N) is 1. The minimum atomic E-state index is -0.213. The average Bonchev–Trinajstić information content (AvgIpc) is 2.89. The van der Waals surface area contributed by atoms with Gasteiger partial charge in [-0.3, -0.25) is 9.69 Å². The molecule has 5 fully saturated rings. The van der Waals surface area contributed by atoms with Crippen LogP contribution >= 0.6 is 0 Å². The van der Waals surface area contributed by atoms with Crippen LogP contribution < -0.4 is 10.1 Å². The van der Waals surface area contributed by atoms with Gasteiger partial charge in [-0.1, -0.05) is 42.5 Å². The number of nitrogens with one attached hydrogen (secondary N) is 1. The van der Waals surface area contributed by atoms with Gasteiger partial charge in [0.25, 0.3) is 0 Å². The average molecular weight is 475 g/mol. The number of carbonyl (C=O) groups excluding carboxylic acids is 1. The van der Waals surface area contributed by atoms with Crippen LogP contribution in [0.25, 0.3) is 0 Å². The molecule has 35 heavy (non-hydrogen) atoms. The summed E-state index contributed by atoms with van der Waals surface area (Å²) in [6, 6.07) is 19.5. The molecular formula is C30H38N2O3. The van der Waals surface area contributed by atoms with Crippen molar-refractivity contribution >= 4 is 5.91 Å². The summed E-state index contributed by atoms with van der Waals surface area (Å²) >= 11 is 0. The van der Waals surface area contributed by atoms with E-state index in [4.69, 9.17) is 9.47 Å². The van der Waals surface area contributed by atoms with Gasteiger partial charge >= 0.3 is 0 Å². The second-order valence-corrected chi connectivity index (χ2v) is 11.5. The first kappa shape index (κ1) is 23.1. The van der Waals surface area contributed by atoms with Crippen LogP contribution in [0, 0.1) is 17.3 Å². The fourth-order valence-electron chi connectivity index (χ4n) is 8.21. The predicted octanol–water partition coefficient (Wildman–Crippen LogP) is 4.72. The van der Waals surface area contributed by atoms with Gasteiger partial charge in [-0.2, -0.15) is 0 Å². The fourth-order valence-corrected chi connectivity index (χ4v) is 8.21. The minimum Gasteiger partial charge on any atom is -0.497 e.